The minimum atomic E-state index is -3.95. The lowest BCUT2D eigenvalue weighted by molar-refractivity contribution is 0.425. The molecule has 0 bridgehead atoms. The first-order valence-electron chi connectivity index (χ1n) is 6.65. The second-order valence-electron chi connectivity index (χ2n) is 5.03. The van der Waals surface area contributed by atoms with Crippen molar-refractivity contribution in [2.75, 3.05) is 20.1 Å². The molecule has 116 valence electrons. The van der Waals surface area contributed by atoms with Gasteiger partial charge in [-0.1, -0.05) is 11.6 Å². The number of nitrogens with zero attached hydrogens (tertiary/aromatic N) is 1. The van der Waals surface area contributed by atoms with Gasteiger partial charge in [0.2, 0.25) is 10.0 Å². The fourth-order valence-corrected chi connectivity index (χ4v) is 3.69. The molecule has 1 N–H and O–H groups in total. The molecule has 1 aromatic rings. The summed E-state index contributed by atoms with van der Waals surface area (Å²) in [7, 11) is -2.41. The number of sulfonamides is 1. The van der Waals surface area contributed by atoms with E-state index in [2.05, 4.69) is 5.32 Å². The van der Waals surface area contributed by atoms with Gasteiger partial charge in [-0.15, -0.1) is 0 Å². The number of hydrogen-bond acceptors (Lipinski definition) is 3. The fourth-order valence-electron chi connectivity index (χ4n) is 2.22. The van der Waals surface area contributed by atoms with E-state index in [4.69, 9.17) is 0 Å². The maximum atomic E-state index is 14.3. The Hall–Kier alpha value is -1.31. The summed E-state index contributed by atoms with van der Waals surface area (Å²) in [6.07, 6.45) is 2.42. The quantitative estimate of drug-likeness (QED) is 0.865. The molecule has 1 aliphatic heterocycles. The topological polar surface area (TPSA) is 49.4 Å². The molecule has 0 aromatic heterocycles. The van der Waals surface area contributed by atoms with Crippen LogP contribution in [0.2, 0.25) is 0 Å². The molecule has 1 aliphatic rings. The van der Waals surface area contributed by atoms with Crippen LogP contribution in [-0.2, 0) is 16.6 Å². The van der Waals surface area contributed by atoms with Crippen molar-refractivity contribution < 1.29 is 17.2 Å². The van der Waals surface area contributed by atoms with Crippen molar-refractivity contribution in [3.05, 3.63) is 41.0 Å². The van der Waals surface area contributed by atoms with Crippen LogP contribution in [0.25, 0.3) is 0 Å². The molecule has 0 atom stereocenters. The summed E-state index contributed by atoms with van der Waals surface area (Å²) >= 11 is 0. The van der Waals surface area contributed by atoms with Gasteiger partial charge in [-0.3, -0.25) is 0 Å². The van der Waals surface area contributed by atoms with Gasteiger partial charge in [-0.25, -0.2) is 17.2 Å². The van der Waals surface area contributed by atoms with E-state index in [9.17, 15) is 17.2 Å². The Labute approximate surface area is 123 Å². The lowest BCUT2D eigenvalue weighted by atomic mass is 10.1. The number of halogens is 2. The van der Waals surface area contributed by atoms with E-state index in [1.165, 1.54) is 11.4 Å². The Kier molecular flexibility index (Phi) is 4.75. The van der Waals surface area contributed by atoms with Gasteiger partial charge < -0.3 is 5.32 Å². The molecule has 4 nitrogen and oxygen atoms in total. The van der Waals surface area contributed by atoms with Crippen molar-refractivity contribution >= 4 is 10.0 Å². The van der Waals surface area contributed by atoms with Crippen LogP contribution in [0.4, 0.5) is 8.78 Å². The molecule has 0 unspecified atom stereocenters. The monoisotopic (exact) mass is 316 g/mol. The van der Waals surface area contributed by atoms with Gasteiger partial charge in [0.05, 0.1) is 0 Å². The summed E-state index contributed by atoms with van der Waals surface area (Å²) in [5.41, 5.74) is 0.846. The molecule has 0 amide bonds. The molecule has 0 radical (unpaired) electrons. The van der Waals surface area contributed by atoms with E-state index in [1.54, 1.807) is 6.08 Å². The lowest BCUT2D eigenvalue weighted by Gasteiger charge is -2.25. The first kappa shape index (κ1) is 16.1. The summed E-state index contributed by atoms with van der Waals surface area (Å²) < 4.78 is 54.1. The Morgan fingerprint density at radius 1 is 1.33 bits per heavy atom. The number of hydrogen-bond donors (Lipinski definition) is 1. The van der Waals surface area contributed by atoms with Crippen molar-refractivity contribution in [1.29, 1.82) is 0 Å². The molecule has 21 heavy (non-hydrogen) atoms. The summed E-state index contributed by atoms with van der Waals surface area (Å²) in [6.45, 7) is 2.38. The van der Waals surface area contributed by atoms with Crippen molar-refractivity contribution in [1.82, 2.24) is 9.62 Å². The van der Waals surface area contributed by atoms with Gasteiger partial charge in [0.15, 0.2) is 5.82 Å². The first-order chi connectivity index (χ1) is 9.87. The van der Waals surface area contributed by atoms with Gasteiger partial charge >= 0.3 is 0 Å². The predicted octanol–water partition coefficient (Wildman–Crippen LogP) is 2.02. The van der Waals surface area contributed by atoms with Crippen LogP contribution in [0.15, 0.2) is 28.7 Å². The van der Waals surface area contributed by atoms with E-state index in [0.29, 0.717) is 13.0 Å². The molecular weight excluding hydrogens is 298 g/mol. The molecule has 1 aromatic carbocycles. The van der Waals surface area contributed by atoms with Crippen molar-refractivity contribution in [2.24, 2.45) is 0 Å². The van der Waals surface area contributed by atoms with Crippen LogP contribution in [0.3, 0.4) is 0 Å². The molecule has 1 heterocycles. The number of benzene rings is 1. The van der Waals surface area contributed by atoms with Crippen LogP contribution in [-0.4, -0.2) is 32.9 Å². The summed E-state index contributed by atoms with van der Waals surface area (Å²) in [5, 5.41) is 2.63. The second-order valence-corrected chi connectivity index (χ2v) is 6.94. The SMILES string of the molecule is CNCc1c(F)ccc(S(=O)(=O)N2CC=C(C)CC2)c1F. The van der Waals surface area contributed by atoms with Gasteiger partial charge in [-0.2, -0.15) is 4.31 Å². The highest BCUT2D eigenvalue weighted by atomic mass is 32.2. The lowest BCUT2D eigenvalue weighted by Crippen LogP contribution is -2.35. The largest absolute Gasteiger partial charge is 0.315 e. The Morgan fingerprint density at radius 3 is 2.62 bits per heavy atom. The second kappa shape index (κ2) is 6.21. The molecule has 0 saturated heterocycles. The molecule has 0 aliphatic carbocycles. The van der Waals surface area contributed by atoms with Gasteiger partial charge in [-0.05, 0) is 32.5 Å². The van der Waals surface area contributed by atoms with Crippen molar-refractivity contribution in [3.63, 3.8) is 0 Å². The Morgan fingerprint density at radius 2 is 2.05 bits per heavy atom. The van der Waals surface area contributed by atoms with E-state index in [-0.39, 0.29) is 18.7 Å². The molecule has 7 heteroatoms. The molecule has 0 saturated carbocycles. The highest BCUT2D eigenvalue weighted by Gasteiger charge is 2.30. The van der Waals surface area contributed by atoms with Crippen LogP contribution >= 0.6 is 0 Å². The minimum Gasteiger partial charge on any atom is -0.315 e. The van der Waals surface area contributed by atoms with Gasteiger partial charge in [0, 0.05) is 25.2 Å². The van der Waals surface area contributed by atoms with Crippen molar-refractivity contribution in [3.8, 4) is 0 Å². The van der Waals surface area contributed by atoms with Crippen LogP contribution in [0, 0.1) is 11.6 Å². The Bertz CT molecular complexity index is 672. The number of nitrogens with one attached hydrogen (secondary N) is 1. The van der Waals surface area contributed by atoms with E-state index in [1.807, 2.05) is 6.92 Å². The van der Waals surface area contributed by atoms with Crippen LogP contribution < -0.4 is 5.32 Å². The van der Waals surface area contributed by atoms with E-state index in [0.717, 1.165) is 17.7 Å². The third kappa shape index (κ3) is 3.14. The maximum Gasteiger partial charge on any atom is 0.246 e. The normalized spacial score (nSPS) is 16.9. The zero-order valence-corrected chi connectivity index (χ0v) is 12.8. The highest BCUT2D eigenvalue weighted by Crippen LogP contribution is 2.26. The van der Waals surface area contributed by atoms with E-state index >= 15 is 0 Å². The maximum absolute atomic E-state index is 14.3. The summed E-state index contributed by atoms with van der Waals surface area (Å²) in [4.78, 5) is -0.470. The van der Waals surface area contributed by atoms with E-state index < -0.39 is 26.6 Å². The molecule has 0 spiro atoms. The molecule has 2 rings (SSSR count). The Balaban J connectivity index is 2.43. The fraction of sp³-hybridized carbons (Fsp3) is 0.429. The first-order valence-corrected chi connectivity index (χ1v) is 8.09. The zero-order valence-electron chi connectivity index (χ0n) is 12.0. The average molecular weight is 316 g/mol. The summed E-state index contributed by atoms with van der Waals surface area (Å²) in [5.74, 6) is -1.77. The zero-order chi connectivity index (χ0) is 15.6. The van der Waals surface area contributed by atoms with Crippen LogP contribution in [0.5, 0.6) is 0 Å². The third-order valence-corrected chi connectivity index (χ3v) is 5.40. The molecular formula is C14H18F2N2O2S. The van der Waals surface area contributed by atoms with Gasteiger partial charge in [0.1, 0.15) is 10.7 Å². The van der Waals surface area contributed by atoms with Gasteiger partial charge in [0.25, 0.3) is 0 Å². The highest BCUT2D eigenvalue weighted by molar-refractivity contribution is 7.89. The van der Waals surface area contributed by atoms with Crippen LogP contribution in [0.1, 0.15) is 18.9 Å². The average Bonchev–Trinajstić information content (AvgIpc) is 2.43. The predicted molar refractivity (Wildman–Crippen MR) is 76.3 cm³/mol. The summed E-state index contributed by atoms with van der Waals surface area (Å²) in [6, 6.07) is 1.98. The van der Waals surface area contributed by atoms with Crippen molar-refractivity contribution in [2.45, 2.75) is 24.8 Å². The molecule has 0 fully saturated rings. The third-order valence-electron chi connectivity index (χ3n) is 3.52. The number of rotatable bonds is 4. The smallest absolute Gasteiger partial charge is 0.246 e. The standard InChI is InChI=1S/C14H18F2N2O2S/c1-10-5-7-18(8-6-10)21(19,20)13-4-3-12(15)11(9-17-2)14(13)16/h3-5,17H,6-9H2,1-2H3. The minimum absolute atomic E-state index is 0.0694.